The summed E-state index contributed by atoms with van der Waals surface area (Å²) in [5, 5.41) is 0. The summed E-state index contributed by atoms with van der Waals surface area (Å²) in [5.41, 5.74) is 7.41. The van der Waals surface area contributed by atoms with Gasteiger partial charge in [0, 0.05) is 0 Å². The maximum Gasteiger partial charge on any atom is 0.129 e. The molecule has 0 unspecified atom stereocenters. The molecule has 0 fully saturated rings. The summed E-state index contributed by atoms with van der Waals surface area (Å²) in [6.45, 7) is 16.3. The lowest BCUT2D eigenvalue weighted by molar-refractivity contribution is 0.707. The second-order valence-electron chi connectivity index (χ2n) is 7.75. The number of hydrogen-bond donors (Lipinski definition) is 0. The molecule has 0 radical (unpaired) electrons. The summed E-state index contributed by atoms with van der Waals surface area (Å²) >= 11 is 0. The van der Waals surface area contributed by atoms with E-state index in [4.69, 9.17) is 0 Å². The molecule has 0 aromatic carbocycles. The van der Waals surface area contributed by atoms with E-state index in [0.29, 0.717) is 0 Å². The van der Waals surface area contributed by atoms with E-state index in [2.05, 4.69) is 75.5 Å². The van der Waals surface area contributed by atoms with Gasteiger partial charge in [0.05, 0.1) is 8.07 Å². The van der Waals surface area contributed by atoms with Gasteiger partial charge in [-0.1, -0.05) is 82.3 Å². The second kappa shape index (κ2) is 9.42. The average molecular weight is 307 g/mol. The van der Waals surface area contributed by atoms with E-state index in [9.17, 15) is 0 Å². The van der Waals surface area contributed by atoms with Crippen molar-refractivity contribution >= 4 is 16.1 Å². The molecule has 2 heteroatoms. The van der Waals surface area contributed by atoms with Gasteiger partial charge in [-0.25, -0.2) is 0 Å². The lowest BCUT2D eigenvalue weighted by Crippen LogP contribution is -2.16. The maximum absolute atomic E-state index is 3.45. The van der Waals surface area contributed by atoms with Gasteiger partial charge in [-0.3, -0.25) is 0 Å². The first-order valence-electron chi connectivity index (χ1n) is 8.02. The van der Waals surface area contributed by atoms with Gasteiger partial charge >= 0.3 is 0 Å². The van der Waals surface area contributed by atoms with Crippen molar-refractivity contribution in [2.75, 3.05) is 0 Å². The molecule has 0 aliphatic heterocycles. The van der Waals surface area contributed by atoms with Crippen molar-refractivity contribution in [2.24, 2.45) is 0 Å². The monoisotopic (exact) mass is 306 g/mol. The number of unbranched alkanes of at least 4 members (excludes halogenated alkanes) is 2. The molecular weight excluding hydrogens is 272 g/mol. The first-order valence-corrected chi connectivity index (χ1v) is 15.1. The normalized spacial score (nSPS) is 13.4. The SMILES string of the molecule is CCCCC/C(=C\C#C[Si](C)(C)C)C/C=C\[Si](C)(C)C. The molecule has 114 valence electrons. The molecule has 0 heterocycles. The highest BCUT2D eigenvalue weighted by molar-refractivity contribution is 6.83. The van der Waals surface area contributed by atoms with Crippen LogP contribution >= 0.6 is 0 Å². The quantitative estimate of drug-likeness (QED) is 0.298. The van der Waals surface area contributed by atoms with Crippen LogP contribution in [0.25, 0.3) is 0 Å². The maximum atomic E-state index is 3.45. The minimum atomic E-state index is -1.24. The van der Waals surface area contributed by atoms with Crippen LogP contribution in [0.2, 0.25) is 39.3 Å². The highest BCUT2D eigenvalue weighted by Crippen LogP contribution is 2.14. The van der Waals surface area contributed by atoms with Crippen LogP contribution < -0.4 is 0 Å². The predicted molar refractivity (Wildman–Crippen MR) is 100 cm³/mol. The first-order chi connectivity index (χ1) is 9.14. The molecule has 0 N–H and O–H groups in total. The lowest BCUT2D eigenvalue weighted by Gasteiger charge is -2.09. The molecule has 0 aromatic rings. The van der Waals surface area contributed by atoms with Crippen molar-refractivity contribution < 1.29 is 0 Å². The summed E-state index contributed by atoms with van der Waals surface area (Å²) < 4.78 is 0. The van der Waals surface area contributed by atoms with Gasteiger partial charge in [0.25, 0.3) is 0 Å². The number of hydrogen-bond acceptors (Lipinski definition) is 0. The Kier molecular flexibility index (Phi) is 9.17. The molecule has 0 aliphatic carbocycles. The molecule has 0 saturated carbocycles. The van der Waals surface area contributed by atoms with Crippen molar-refractivity contribution in [3.05, 3.63) is 23.4 Å². The number of allylic oxidation sites excluding steroid dienone is 3. The smallest absolute Gasteiger partial charge is 0.127 e. The van der Waals surface area contributed by atoms with Gasteiger partial charge in [-0.15, -0.1) is 5.54 Å². The van der Waals surface area contributed by atoms with E-state index < -0.39 is 16.1 Å². The largest absolute Gasteiger partial charge is 0.129 e. The Morgan fingerprint density at radius 2 is 1.65 bits per heavy atom. The molecule has 0 aromatic heterocycles. The molecule has 0 aliphatic rings. The Balaban J connectivity index is 4.67. The van der Waals surface area contributed by atoms with Crippen LogP contribution in [-0.4, -0.2) is 16.1 Å². The van der Waals surface area contributed by atoms with Crippen LogP contribution in [0, 0.1) is 11.5 Å². The zero-order valence-electron chi connectivity index (χ0n) is 14.8. The van der Waals surface area contributed by atoms with E-state index in [-0.39, 0.29) is 0 Å². The van der Waals surface area contributed by atoms with E-state index >= 15 is 0 Å². The van der Waals surface area contributed by atoms with Gasteiger partial charge in [0.1, 0.15) is 8.07 Å². The summed E-state index contributed by atoms with van der Waals surface area (Å²) in [4.78, 5) is 0. The van der Waals surface area contributed by atoms with Gasteiger partial charge in [0.2, 0.25) is 0 Å². The highest BCUT2D eigenvalue weighted by Gasteiger charge is 2.07. The molecule has 0 rings (SSSR count). The van der Waals surface area contributed by atoms with Crippen LogP contribution in [0.4, 0.5) is 0 Å². The first kappa shape index (κ1) is 19.5. The van der Waals surface area contributed by atoms with Gasteiger partial charge in [-0.2, -0.15) is 0 Å². The second-order valence-corrected chi connectivity index (χ2v) is 17.6. The molecule has 0 atom stereocenters. The fourth-order valence-corrected chi connectivity index (χ4v) is 3.08. The van der Waals surface area contributed by atoms with Crippen LogP contribution in [0.5, 0.6) is 0 Å². The Hall–Kier alpha value is -0.526. The van der Waals surface area contributed by atoms with E-state index in [1.807, 2.05) is 0 Å². The van der Waals surface area contributed by atoms with Crippen LogP contribution in [0.15, 0.2) is 23.4 Å². The standard InChI is InChI=1S/C18H34Si2/c1-8-9-10-13-18(14-11-16-19(2,3)4)15-12-17-20(5,6)7/h11,15-16H,8-10,13-14H2,1-7H3/b16-11-,18-15+. The zero-order valence-corrected chi connectivity index (χ0v) is 16.8. The van der Waals surface area contributed by atoms with Crippen molar-refractivity contribution in [1.29, 1.82) is 0 Å². The van der Waals surface area contributed by atoms with E-state index in [0.717, 1.165) is 6.42 Å². The minimum Gasteiger partial charge on any atom is -0.127 e. The van der Waals surface area contributed by atoms with Crippen LogP contribution in [0.3, 0.4) is 0 Å². The molecule has 0 saturated heterocycles. The summed E-state index contributed by atoms with van der Waals surface area (Å²) in [6.07, 6.45) is 10.8. The fourth-order valence-electron chi connectivity index (χ4n) is 1.75. The van der Waals surface area contributed by atoms with Crippen molar-refractivity contribution in [3.8, 4) is 11.5 Å². The topological polar surface area (TPSA) is 0 Å². The molecule has 0 spiro atoms. The zero-order chi connectivity index (χ0) is 15.6. The summed E-state index contributed by atoms with van der Waals surface area (Å²) in [5.74, 6) is 3.33. The van der Waals surface area contributed by atoms with E-state index in [1.165, 1.54) is 31.3 Å². The van der Waals surface area contributed by atoms with Gasteiger partial charge < -0.3 is 0 Å². The molecule has 0 bridgehead atoms. The van der Waals surface area contributed by atoms with Gasteiger partial charge in [-0.05, 0) is 25.3 Å². The molecule has 0 nitrogen and oxygen atoms in total. The van der Waals surface area contributed by atoms with Crippen molar-refractivity contribution in [3.63, 3.8) is 0 Å². The third-order valence-corrected chi connectivity index (χ3v) is 4.95. The average Bonchev–Trinajstić information content (AvgIpc) is 2.25. The Bertz CT molecular complexity index is 378. The minimum absolute atomic E-state index is 1.06. The lowest BCUT2D eigenvalue weighted by atomic mass is 10.0. The van der Waals surface area contributed by atoms with E-state index in [1.54, 1.807) is 0 Å². The molecule has 20 heavy (non-hydrogen) atoms. The highest BCUT2D eigenvalue weighted by atomic mass is 28.3. The predicted octanol–water partition coefficient (Wildman–Crippen LogP) is 6.20. The van der Waals surface area contributed by atoms with Gasteiger partial charge in [0.15, 0.2) is 0 Å². The van der Waals surface area contributed by atoms with Crippen LogP contribution in [-0.2, 0) is 0 Å². The van der Waals surface area contributed by atoms with Crippen LogP contribution in [0.1, 0.15) is 39.0 Å². The molecule has 0 amide bonds. The number of rotatable bonds is 7. The van der Waals surface area contributed by atoms with Crippen molar-refractivity contribution in [1.82, 2.24) is 0 Å². The fraction of sp³-hybridized carbons (Fsp3) is 0.667. The summed E-state index contributed by atoms with van der Waals surface area (Å²) in [7, 11) is -2.30. The third kappa shape index (κ3) is 13.9. The van der Waals surface area contributed by atoms with Crippen molar-refractivity contribution in [2.45, 2.75) is 78.3 Å². The Morgan fingerprint density at radius 1 is 1.00 bits per heavy atom. The summed E-state index contributed by atoms with van der Waals surface area (Å²) in [6, 6.07) is 0. The Labute approximate surface area is 129 Å². The third-order valence-electron chi connectivity index (χ3n) is 2.82. The Morgan fingerprint density at radius 3 is 2.15 bits per heavy atom. The molecular formula is C18H34Si2.